The highest BCUT2D eigenvalue weighted by Crippen LogP contribution is 2.18. The maximum absolute atomic E-state index is 12.9. The Hall–Kier alpha value is -3.60. The third-order valence-corrected chi connectivity index (χ3v) is 4.54. The van der Waals surface area contributed by atoms with Crippen LogP contribution in [0, 0.1) is 0 Å². The number of nitrogens with zero attached hydrogens (tertiary/aromatic N) is 1. The quantitative estimate of drug-likeness (QED) is 0.545. The van der Waals surface area contributed by atoms with Crippen molar-refractivity contribution in [2.45, 2.75) is 0 Å². The maximum atomic E-state index is 12.9. The normalized spacial score (nSPS) is 10.3. The predicted molar refractivity (Wildman–Crippen MR) is 112 cm³/mol. The molecule has 3 rings (SSSR count). The maximum Gasteiger partial charge on any atom is 0.254 e. The second-order valence-corrected chi connectivity index (χ2v) is 6.49. The average Bonchev–Trinajstić information content (AvgIpc) is 2.79. The van der Waals surface area contributed by atoms with E-state index in [1.54, 1.807) is 67.6 Å². The Bertz CT molecular complexity index is 968. The number of hydrogen-bond donors (Lipinski definition) is 0. The molecule has 0 bridgehead atoms. The molecule has 0 N–H and O–H groups in total. The van der Waals surface area contributed by atoms with Gasteiger partial charge in [0.15, 0.2) is 5.78 Å². The van der Waals surface area contributed by atoms with Gasteiger partial charge in [-0.15, -0.1) is 0 Å². The Balaban J connectivity index is 1.65. The molecule has 0 aliphatic carbocycles. The van der Waals surface area contributed by atoms with Crippen LogP contribution in [-0.2, 0) is 0 Å². The average molecular weight is 389 g/mol. The SMILES string of the molecule is COc1ccc(OCCN(C)C(=O)c2ccccc2C(=O)c2ccccc2)cc1. The van der Waals surface area contributed by atoms with Crippen LogP contribution >= 0.6 is 0 Å². The van der Waals surface area contributed by atoms with E-state index in [1.165, 1.54) is 0 Å². The van der Waals surface area contributed by atoms with E-state index in [1.807, 2.05) is 30.3 Å². The van der Waals surface area contributed by atoms with Crippen molar-refractivity contribution in [2.75, 3.05) is 27.3 Å². The summed E-state index contributed by atoms with van der Waals surface area (Å²) in [7, 11) is 3.31. The lowest BCUT2D eigenvalue weighted by Crippen LogP contribution is -2.32. The van der Waals surface area contributed by atoms with Gasteiger partial charge in [-0.3, -0.25) is 9.59 Å². The minimum Gasteiger partial charge on any atom is -0.497 e. The van der Waals surface area contributed by atoms with Crippen molar-refractivity contribution in [3.8, 4) is 11.5 Å². The zero-order valence-electron chi connectivity index (χ0n) is 16.5. The van der Waals surface area contributed by atoms with Crippen molar-refractivity contribution in [3.05, 3.63) is 95.6 Å². The molecule has 0 aliphatic heterocycles. The number of amides is 1. The Kier molecular flexibility index (Phi) is 6.63. The summed E-state index contributed by atoms with van der Waals surface area (Å²) in [6, 6.07) is 23.1. The van der Waals surface area contributed by atoms with E-state index in [4.69, 9.17) is 9.47 Å². The van der Waals surface area contributed by atoms with Crippen LogP contribution in [0.1, 0.15) is 26.3 Å². The number of likely N-dealkylation sites (N-methyl/N-ethyl adjacent to an activating group) is 1. The van der Waals surface area contributed by atoms with Crippen molar-refractivity contribution < 1.29 is 19.1 Å². The van der Waals surface area contributed by atoms with Crippen LogP contribution in [0.3, 0.4) is 0 Å². The zero-order valence-corrected chi connectivity index (χ0v) is 16.5. The molecular formula is C24H23NO4. The number of carbonyl (C=O) groups excluding carboxylic acids is 2. The molecule has 0 aromatic heterocycles. The van der Waals surface area contributed by atoms with Gasteiger partial charge in [0.2, 0.25) is 0 Å². The highest BCUT2D eigenvalue weighted by Gasteiger charge is 2.20. The zero-order chi connectivity index (χ0) is 20.6. The number of methoxy groups -OCH3 is 1. The number of benzene rings is 3. The summed E-state index contributed by atoms with van der Waals surface area (Å²) >= 11 is 0. The van der Waals surface area contributed by atoms with Crippen molar-refractivity contribution in [1.82, 2.24) is 4.90 Å². The van der Waals surface area contributed by atoms with Gasteiger partial charge in [0.25, 0.3) is 5.91 Å². The molecule has 5 nitrogen and oxygen atoms in total. The van der Waals surface area contributed by atoms with E-state index in [0.717, 1.165) is 5.75 Å². The predicted octanol–water partition coefficient (Wildman–Crippen LogP) is 4.08. The molecule has 29 heavy (non-hydrogen) atoms. The molecule has 0 radical (unpaired) electrons. The number of ketones is 1. The number of ether oxygens (including phenoxy) is 2. The van der Waals surface area contributed by atoms with Gasteiger partial charge in [0.1, 0.15) is 18.1 Å². The summed E-state index contributed by atoms with van der Waals surface area (Å²) in [6.07, 6.45) is 0. The monoisotopic (exact) mass is 389 g/mol. The molecule has 0 atom stereocenters. The lowest BCUT2D eigenvalue weighted by atomic mass is 9.97. The second kappa shape index (κ2) is 9.55. The fraction of sp³-hybridized carbons (Fsp3) is 0.167. The summed E-state index contributed by atoms with van der Waals surface area (Å²) in [5.74, 6) is 1.07. The molecular weight excluding hydrogens is 366 g/mol. The summed E-state index contributed by atoms with van der Waals surface area (Å²) in [5, 5.41) is 0. The molecule has 0 unspecified atom stereocenters. The molecule has 1 amide bonds. The van der Waals surface area contributed by atoms with E-state index >= 15 is 0 Å². The van der Waals surface area contributed by atoms with Gasteiger partial charge in [-0.2, -0.15) is 0 Å². The number of rotatable bonds is 8. The third-order valence-electron chi connectivity index (χ3n) is 4.54. The fourth-order valence-corrected chi connectivity index (χ4v) is 2.89. The third kappa shape index (κ3) is 5.02. The first kappa shape index (κ1) is 20.1. The highest BCUT2D eigenvalue weighted by molar-refractivity contribution is 6.15. The van der Waals surface area contributed by atoms with Crippen LogP contribution in [0.5, 0.6) is 11.5 Å². The lowest BCUT2D eigenvalue weighted by Gasteiger charge is -2.19. The first-order valence-electron chi connectivity index (χ1n) is 9.31. The van der Waals surface area contributed by atoms with Crippen LogP contribution in [0.25, 0.3) is 0 Å². The van der Waals surface area contributed by atoms with Crippen LogP contribution < -0.4 is 9.47 Å². The Morgan fingerprint density at radius 3 is 2.03 bits per heavy atom. The Labute approximate surface area is 170 Å². The summed E-state index contributed by atoms with van der Waals surface area (Å²) < 4.78 is 10.8. The second-order valence-electron chi connectivity index (χ2n) is 6.49. The summed E-state index contributed by atoms with van der Waals surface area (Å²) in [4.78, 5) is 27.3. The first-order chi connectivity index (χ1) is 14.1. The standard InChI is InChI=1S/C24H23NO4/c1-25(16-17-29-20-14-12-19(28-2)13-15-20)24(27)22-11-7-6-10-21(22)23(26)18-8-4-3-5-9-18/h3-15H,16-17H2,1-2H3. The molecule has 0 saturated carbocycles. The molecule has 0 aliphatic rings. The van der Waals surface area contributed by atoms with Gasteiger partial charge in [0.05, 0.1) is 19.2 Å². The minimum absolute atomic E-state index is 0.169. The van der Waals surface area contributed by atoms with E-state index in [-0.39, 0.29) is 11.7 Å². The molecule has 0 heterocycles. The largest absolute Gasteiger partial charge is 0.497 e. The van der Waals surface area contributed by atoms with Crippen molar-refractivity contribution in [3.63, 3.8) is 0 Å². The molecule has 5 heteroatoms. The Morgan fingerprint density at radius 2 is 1.38 bits per heavy atom. The number of hydrogen-bond acceptors (Lipinski definition) is 4. The molecule has 148 valence electrons. The summed E-state index contributed by atoms with van der Waals surface area (Å²) in [6.45, 7) is 0.724. The van der Waals surface area contributed by atoms with Crippen molar-refractivity contribution in [2.24, 2.45) is 0 Å². The van der Waals surface area contributed by atoms with E-state index in [2.05, 4.69) is 0 Å². The van der Waals surface area contributed by atoms with Crippen molar-refractivity contribution in [1.29, 1.82) is 0 Å². The van der Waals surface area contributed by atoms with Gasteiger partial charge < -0.3 is 14.4 Å². The molecule has 3 aromatic rings. The van der Waals surface area contributed by atoms with Gasteiger partial charge in [0, 0.05) is 18.2 Å². The topological polar surface area (TPSA) is 55.8 Å². The minimum atomic E-state index is -0.219. The smallest absolute Gasteiger partial charge is 0.254 e. The van der Waals surface area contributed by atoms with Gasteiger partial charge in [-0.05, 0) is 30.3 Å². The van der Waals surface area contributed by atoms with Gasteiger partial charge in [-0.1, -0.05) is 48.5 Å². The molecule has 0 fully saturated rings. The van der Waals surface area contributed by atoms with E-state index < -0.39 is 0 Å². The van der Waals surface area contributed by atoms with Crippen molar-refractivity contribution >= 4 is 11.7 Å². The van der Waals surface area contributed by atoms with Gasteiger partial charge >= 0.3 is 0 Å². The molecule has 0 spiro atoms. The van der Waals surface area contributed by atoms with E-state index in [9.17, 15) is 9.59 Å². The summed E-state index contributed by atoms with van der Waals surface area (Å²) in [5.41, 5.74) is 1.33. The van der Waals surface area contributed by atoms with E-state index in [0.29, 0.717) is 35.6 Å². The first-order valence-corrected chi connectivity index (χ1v) is 9.31. The van der Waals surface area contributed by atoms with Gasteiger partial charge in [-0.25, -0.2) is 0 Å². The lowest BCUT2D eigenvalue weighted by molar-refractivity contribution is 0.0769. The highest BCUT2D eigenvalue weighted by atomic mass is 16.5. The van der Waals surface area contributed by atoms with Crippen LogP contribution in [0.15, 0.2) is 78.9 Å². The Morgan fingerprint density at radius 1 is 0.793 bits per heavy atom. The van der Waals surface area contributed by atoms with Crippen LogP contribution in [0.2, 0.25) is 0 Å². The number of carbonyl (C=O) groups is 2. The molecule has 0 saturated heterocycles. The fourth-order valence-electron chi connectivity index (χ4n) is 2.89. The molecule has 3 aromatic carbocycles. The van der Waals surface area contributed by atoms with Crippen LogP contribution in [0.4, 0.5) is 0 Å². The van der Waals surface area contributed by atoms with Crippen LogP contribution in [-0.4, -0.2) is 43.9 Å².